The van der Waals surface area contributed by atoms with Crippen LogP contribution in [0.2, 0.25) is 0 Å². The molecule has 0 fully saturated rings. The van der Waals surface area contributed by atoms with E-state index >= 15 is 0 Å². The fraction of sp³-hybridized carbons (Fsp3) is 0.273. The molecule has 128 valence electrons. The van der Waals surface area contributed by atoms with Crippen LogP contribution in [0.4, 0.5) is 11.4 Å². The van der Waals surface area contributed by atoms with E-state index in [1.165, 1.54) is 11.1 Å². The fourth-order valence-corrected chi connectivity index (χ4v) is 3.19. The summed E-state index contributed by atoms with van der Waals surface area (Å²) in [6.07, 6.45) is 3.98. The predicted molar refractivity (Wildman–Crippen MR) is 110 cm³/mol. The molecule has 3 nitrogen and oxygen atoms in total. The maximum absolute atomic E-state index is 4.80. The highest BCUT2D eigenvalue weighted by molar-refractivity contribution is 6.11. The molecular formula is C22H25N3. The average molecular weight is 331 g/mol. The number of fused-ring (bicyclic) bond motifs is 1. The molecule has 1 heterocycles. The van der Waals surface area contributed by atoms with Gasteiger partial charge in [-0.05, 0) is 49.1 Å². The molecule has 2 aromatic rings. The summed E-state index contributed by atoms with van der Waals surface area (Å²) < 4.78 is 0. The number of anilines is 1. The highest BCUT2D eigenvalue weighted by Gasteiger charge is 2.17. The Hall–Kier alpha value is -2.68. The first kappa shape index (κ1) is 17.2. The first-order valence-corrected chi connectivity index (χ1v) is 8.85. The third-order valence-corrected chi connectivity index (χ3v) is 4.46. The molecule has 3 rings (SSSR count). The van der Waals surface area contributed by atoms with E-state index in [1.807, 2.05) is 13.1 Å². The normalized spacial score (nSPS) is 14.0. The second-order valence-corrected chi connectivity index (χ2v) is 6.37. The lowest BCUT2D eigenvalue weighted by Gasteiger charge is -2.15. The van der Waals surface area contributed by atoms with E-state index in [0.29, 0.717) is 6.54 Å². The van der Waals surface area contributed by atoms with Gasteiger partial charge in [-0.1, -0.05) is 44.2 Å². The summed E-state index contributed by atoms with van der Waals surface area (Å²) in [5.41, 5.74) is 7.80. The lowest BCUT2D eigenvalue weighted by molar-refractivity contribution is 0.919. The maximum atomic E-state index is 4.80. The van der Waals surface area contributed by atoms with Gasteiger partial charge in [-0.25, -0.2) is 0 Å². The summed E-state index contributed by atoms with van der Waals surface area (Å²) in [5, 5.41) is 3.55. The lowest BCUT2D eigenvalue weighted by Crippen LogP contribution is -2.15. The van der Waals surface area contributed by atoms with E-state index in [1.54, 1.807) is 0 Å². The minimum Gasteiger partial charge on any atom is -0.339 e. The topological polar surface area (TPSA) is 36.8 Å². The van der Waals surface area contributed by atoms with Gasteiger partial charge in [0.1, 0.15) is 5.84 Å². The molecule has 0 spiro atoms. The van der Waals surface area contributed by atoms with Gasteiger partial charge in [0.15, 0.2) is 0 Å². The van der Waals surface area contributed by atoms with Crippen molar-refractivity contribution in [3.8, 4) is 0 Å². The van der Waals surface area contributed by atoms with Crippen LogP contribution in [0.1, 0.15) is 42.5 Å². The number of rotatable bonds is 4. The van der Waals surface area contributed by atoms with Gasteiger partial charge in [0.05, 0.1) is 12.2 Å². The predicted octanol–water partition coefficient (Wildman–Crippen LogP) is 5.56. The summed E-state index contributed by atoms with van der Waals surface area (Å²) in [5.74, 6) is 0.916. The first-order valence-electron chi connectivity index (χ1n) is 8.85. The van der Waals surface area contributed by atoms with E-state index in [-0.39, 0.29) is 0 Å². The highest BCUT2D eigenvalue weighted by atomic mass is 15.0. The van der Waals surface area contributed by atoms with Gasteiger partial charge in [-0.2, -0.15) is 0 Å². The zero-order valence-electron chi connectivity index (χ0n) is 15.3. The van der Waals surface area contributed by atoms with Gasteiger partial charge in [0, 0.05) is 23.0 Å². The van der Waals surface area contributed by atoms with Crippen molar-refractivity contribution in [2.24, 2.45) is 9.98 Å². The molecule has 0 amide bonds. The number of nitrogens with zero attached hydrogens (tertiary/aromatic N) is 2. The van der Waals surface area contributed by atoms with E-state index in [4.69, 9.17) is 4.99 Å². The quantitative estimate of drug-likeness (QED) is 0.732. The molecule has 3 heteroatoms. The Labute approximate surface area is 150 Å². The van der Waals surface area contributed by atoms with Gasteiger partial charge < -0.3 is 5.32 Å². The number of hydrogen-bond donors (Lipinski definition) is 1. The van der Waals surface area contributed by atoms with Crippen molar-refractivity contribution in [2.45, 2.75) is 33.6 Å². The second-order valence-electron chi connectivity index (χ2n) is 6.37. The van der Waals surface area contributed by atoms with E-state index in [2.05, 4.69) is 67.1 Å². The summed E-state index contributed by atoms with van der Waals surface area (Å²) in [4.78, 5) is 9.29. The smallest absolute Gasteiger partial charge is 0.133 e. The third-order valence-electron chi connectivity index (χ3n) is 4.46. The Balaban J connectivity index is 2.07. The molecule has 25 heavy (non-hydrogen) atoms. The molecule has 0 atom stereocenters. The van der Waals surface area contributed by atoms with Crippen LogP contribution in [0.25, 0.3) is 5.57 Å². The molecule has 0 bridgehead atoms. The van der Waals surface area contributed by atoms with Crippen molar-refractivity contribution in [2.75, 3.05) is 11.9 Å². The van der Waals surface area contributed by atoms with E-state index in [9.17, 15) is 0 Å². The number of aliphatic imine (C=N–C) groups is 2. The van der Waals surface area contributed by atoms with E-state index < -0.39 is 0 Å². The maximum Gasteiger partial charge on any atom is 0.133 e. The van der Waals surface area contributed by atoms with Crippen LogP contribution in [0.5, 0.6) is 0 Å². The van der Waals surface area contributed by atoms with Crippen LogP contribution in [0.3, 0.4) is 0 Å². The standard InChI is InChI=1S/C22H25N3/c1-5-9-17-10-7-8-11-18(17)22-24-14-16(4)19-12-15(3)20(23-6-2)13-21(19)25-22/h6-8,10-13H,4-5,9,14H2,1-3H3,(H,24,25). The fourth-order valence-electron chi connectivity index (χ4n) is 3.19. The van der Waals surface area contributed by atoms with Gasteiger partial charge in [0.2, 0.25) is 0 Å². The number of nitrogens with one attached hydrogen (secondary N) is 1. The monoisotopic (exact) mass is 331 g/mol. The molecule has 0 unspecified atom stereocenters. The largest absolute Gasteiger partial charge is 0.339 e. The number of amidine groups is 1. The van der Waals surface area contributed by atoms with Crippen molar-refractivity contribution in [1.29, 1.82) is 0 Å². The summed E-state index contributed by atoms with van der Waals surface area (Å²) >= 11 is 0. The molecule has 0 aromatic heterocycles. The van der Waals surface area contributed by atoms with Gasteiger partial charge in [-0.3, -0.25) is 9.98 Å². The Morgan fingerprint density at radius 3 is 2.80 bits per heavy atom. The van der Waals surface area contributed by atoms with Crippen molar-refractivity contribution >= 4 is 29.0 Å². The van der Waals surface area contributed by atoms with E-state index in [0.717, 1.165) is 46.8 Å². The SMILES string of the molecule is C=C1CN=C(c2ccccc2CCC)Nc2cc(N=CC)c(C)cc21. The van der Waals surface area contributed by atoms with Crippen LogP contribution in [-0.4, -0.2) is 18.6 Å². The molecule has 0 saturated heterocycles. The van der Waals surface area contributed by atoms with Crippen molar-refractivity contribution < 1.29 is 0 Å². The van der Waals surface area contributed by atoms with Crippen LogP contribution < -0.4 is 5.32 Å². The number of benzene rings is 2. The molecule has 0 saturated carbocycles. The van der Waals surface area contributed by atoms with Crippen LogP contribution in [0, 0.1) is 6.92 Å². The molecule has 2 aromatic carbocycles. The van der Waals surface area contributed by atoms with Gasteiger partial charge in [0.25, 0.3) is 0 Å². The minimum absolute atomic E-state index is 0.603. The molecule has 1 N–H and O–H groups in total. The Bertz CT molecular complexity index is 860. The third kappa shape index (κ3) is 3.55. The Morgan fingerprint density at radius 1 is 1.24 bits per heavy atom. The van der Waals surface area contributed by atoms with Gasteiger partial charge in [-0.15, -0.1) is 0 Å². The number of hydrogen-bond acceptors (Lipinski definition) is 3. The summed E-state index contributed by atoms with van der Waals surface area (Å²) in [6.45, 7) is 11.1. The second kappa shape index (κ2) is 7.47. The Kier molecular flexibility index (Phi) is 5.13. The first-order chi connectivity index (χ1) is 12.1. The van der Waals surface area contributed by atoms with Crippen LogP contribution >= 0.6 is 0 Å². The van der Waals surface area contributed by atoms with Crippen LogP contribution in [0.15, 0.2) is 53.0 Å². The molecular weight excluding hydrogens is 306 g/mol. The van der Waals surface area contributed by atoms with Crippen molar-refractivity contribution in [3.63, 3.8) is 0 Å². The zero-order valence-corrected chi connectivity index (χ0v) is 15.3. The highest BCUT2D eigenvalue weighted by Crippen LogP contribution is 2.33. The van der Waals surface area contributed by atoms with Crippen molar-refractivity contribution in [3.05, 3.63) is 65.2 Å². The molecule has 0 aliphatic carbocycles. The molecule has 1 aliphatic heterocycles. The average Bonchev–Trinajstić information content (AvgIpc) is 2.76. The number of aryl methyl sites for hydroxylation is 2. The van der Waals surface area contributed by atoms with Gasteiger partial charge >= 0.3 is 0 Å². The lowest BCUT2D eigenvalue weighted by atomic mass is 10.0. The molecule has 1 aliphatic rings. The molecule has 0 radical (unpaired) electrons. The van der Waals surface area contributed by atoms with Crippen molar-refractivity contribution in [1.82, 2.24) is 0 Å². The minimum atomic E-state index is 0.603. The zero-order chi connectivity index (χ0) is 17.8. The summed E-state index contributed by atoms with van der Waals surface area (Å²) in [7, 11) is 0. The Morgan fingerprint density at radius 2 is 2.04 bits per heavy atom. The van der Waals surface area contributed by atoms with Crippen LogP contribution in [-0.2, 0) is 6.42 Å². The summed E-state index contributed by atoms with van der Waals surface area (Å²) in [6, 6.07) is 12.7.